The smallest absolute Gasteiger partial charge is 0.495 e. The Bertz CT molecular complexity index is 581. The largest absolute Gasteiger partial charge is 0.497 e. The zero-order valence-electron chi connectivity index (χ0n) is 15.5. The molecule has 6 heteroatoms. The second-order valence-electron chi connectivity index (χ2n) is 6.96. The van der Waals surface area contributed by atoms with Gasteiger partial charge in [0.1, 0.15) is 5.75 Å². The summed E-state index contributed by atoms with van der Waals surface area (Å²) < 4.78 is 22.6. The highest BCUT2D eigenvalue weighted by molar-refractivity contribution is 6.62. The third-order valence-electron chi connectivity index (χ3n) is 4.76. The second kappa shape index (κ2) is 7.15. The molecule has 0 unspecified atom stereocenters. The Morgan fingerprint density at radius 3 is 2.33 bits per heavy atom. The number of benzene rings is 1. The molecule has 0 spiro atoms. The summed E-state index contributed by atoms with van der Waals surface area (Å²) in [7, 11) is 1.16. The minimum absolute atomic E-state index is 0.208. The molecule has 1 aromatic rings. The van der Waals surface area contributed by atoms with Crippen molar-refractivity contribution >= 4 is 18.6 Å². The normalized spacial score (nSPS) is 18.5. The molecule has 1 fully saturated rings. The summed E-state index contributed by atoms with van der Waals surface area (Å²) in [5.74, 6) is 0.536. The third-order valence-corrected chi connectivity index (χ3v) is 4.76. The van der Waals surface area contributed by atoms with E-state index in [0.29, 0.717) is 19.4 Å². The van der Waals surface area contributed by atoms with Crippen LogP contribution in [-0.2, 0) is 25.3 Å². The summed E-state index contributed by atoms with van der Waals surface area (Å²) in [6.07, 6.45) is 0.864. The molecule has 0 atom stereocenters. The molecule has 2 rings (SSSR count). The molecule has 1 saturated heterocycles. The van der Waals surface area contributed by atoms with Gasteiger partial charge in [0.25, 0.3) is 0 Å². The van der Waals surface area contributed by atoms with Crippen LogP contribution in [0.2, 0.25) is 0 Å². The van der Waals surface area contributed by atoms with Crippen LogP contribution in [0.5, 0.6) is 5.75 Å². The second-order valence-corrected chi connectivity index (χ2v) is 6.96. The van der Waals surface area contributed by atoms with Crippen LogP contribution in [0, 0.1) is 0 Å². The standard InChI is InChI=1S/C18H27BO5/c1-7-22-16(20)11-8-13-12-14(21-6)9-10-15(13)19-23-17(2,3)18(4,5)24-19/h9-10,12H,7-8,11H2,1-6H3. The number of aryl methyl sites for hydroxylation is 1. The van der Waals surface area contributed by atoms with E-state index in [1.54, 1.807) is 14.0 Å². The molecular formula is C18H27BO5. The molecule has 0 saturated carbocycles. The van der Waals surface area contributed by atoms with Gasteiger partial charge in [0.15, 0.2) is 0 Å². The van der Waals surface area contributed by atoms with Crippen LogP contribution in [-0.4, -0.2) is 38.0 Å². The van der Waals surface area contributed by atoms with Gasteiger partial charge in [0.2, 0.25) is 0 Å². The third kappa shape index (κ3) is 3.93. The van der Waals surface area contributed by atoms with E-state index in [9.17, 15) is 4.79 Å². The van der Waals surface area contributed by atoms with Gasteiger partial charge in [-0.15, -0.1) is 0 Å². The maximum Gasteiger partial charge on any atom is 0.495 e. The van der Waals surface area contributed by atoms with Gasteiger partial charge in [0, 0.05) is 6.42 Å². The number of carbonyl (C=O) groups excluding carboxylic acids is 1. The van der Waals surface area contributed by atoms with E-state index in [-0.39, 0.29) is 5.97 Å². The van der Waals surface area contributed by atoms with Gasteiger partial charge >= 0.3 is 13.1 Å². The zero-order valence-corrected chi connectivity index (χ0v) is 15.5. The van der Waals surface area contributed by atoms with Gasteiger partial charge in [0.05, 0.1) is 24.9 Å². The van der Waals surface area contributed by atoms with Crippen molar-refractivity contribution in [2.24, 2.45) is 0 Å². The predicted octanol–water partition coefficient (Wildman–Crippen LogP) is 2.49. The summed E-state index contributed by atoms with van der Waals surface area (Å²) in [4.78, 5) is 11.7. The van der Waals surface area contributed by atoms with E-state index < -0.39 is 18.3 Å². The molecule has 24 heavy (non-hydrogen) atoms. The van der Waals surface area contributed by atoms with Gasteiger partial charge in [-0.2, -0.15) is 0 Å². The average molecular weight is 334 g/mol. The van der Waals surface area contributed by atoms with Crippen molar-refractivity contribution in [2.75, 3.05) is 13.7 Å². The Morgan fingerprint density at radius 1 is 1.17 bits per heavy atom. The van der Waals surface area contributed by atoms with Crippen LogP contribution in [0.3, 0.4) is 0 Å². The van der Waals surface area contributed by atoms with Crippen molar-refractivity contribution in [3.63, 3.8) is 0 Å². The predicted molar refractivity (Wildman–Crippen MR) is 93.7 cm³/mol. The number of carbonyl (C=O) groups is 1. The Balaban J connectivity index is 2.25. The highest BCUT2D eigenvalue weighted by atomic mass is 16.7. The number of hydrogen-bond acceptors (Lipinski definition) is 5. The van der Waals surface area contributed by atoms with Crippen molar-refractivity contribution in [2.45, 2.75) is 58.7 Å². The van der Waals surface area contributed by atoms with Crippen molar-refractivity contribution in [3.8, 4) is 5.75 Å². The van der Waals surface area contributed by atoms with Gasteiger partial charge in [-0.05, 0) is 64.2 Å². The summed E-state index contributed by atoms with van der Waals surface area (Å²) in [5, 5.41) is 0. The summed E-state index contributed by atoms with van der Waals surface area (Å²) in [6.45, 7) is 10.3. The van der Waals surface area contributed by atoms with Crippen LogP contribution >= 0.6 is 0 Å². The number of rotatable bonds is 6. The van der Waals surface area contributed by atoms with Crippen LogP contribution in [0.1, 0.15) is 46.6 Å². The molecule has 0 aromatic heterocycles. The highest BCUT2D eigenvalue weighted by Crippen LogP contribution is 2.37. The van der Waals surface area contributed by atoms with E-state index in [2.05, 4.69) is 0 Å². The van der Waals surface area contributed by atoms with Gasteiger partial charge in [-0.3, -0.25) is 4.79 Å². The monoisotopic (exact) mass is 334 g/mol. The maximum atomic E-state index is 11.7. The number of hydrogen-bond donors (Lipinski definition) is 0. The quantitative estimate of drug-likeness (QED) is 0.591. The molecule has 1 aliphatic heterocycles. The van der Waals surface area contributed by atoms with Crippen LogP contribution in [0.25, 0.3) is 0 Å². The Labute approximate surface area is 144 Å². The molecule has 0 bridgehead atoms. The van der Waals surface area contributed by atoms with Crippen molar-refractivity contribution < 1.29 is 23.6 Å². The first-order valence-electron chi connectivity index (χ1n) is 8.38. The number of methoxy groups -OCH3 is 1. The van der Waals surface area contributed by atoms with E-state index >= 15 is 0 Å². The van der Waals surface area contributed by atoms with Crippen molar-refractivity contribution in [3.05, 3.63) is 23.8 Å². The van der Waals surface area contributed by atoms with E-state index in [4.69, 9.17) is 18.8 Å². The fourth-order valence-corrected chi connectivity index (χ4v) is 2.60. The summed E-state index contributed by atoms with van der Waals surface area (Å²) >= 11 is 0. The van der Waals surface area contributed by atoms with E-state index in [0.717, 1.165) is 16.8 Å². The SMILES string of the molecule is CCOC(=O)CCc1cc(OC)ccc1B1OC(C)(C)C(C)(C)O1. The molecule has 0 amide bonds. The van der Waals surface area contributed by atoms with Crippen LogP contribution < -0.4 is 10.2 Å². The lowest BCUT2D eigenvalue weighted by atomic mass is 9.75. The molecule has 0 N–H and O–H groups in total. The first-order valence-corrected chi connectivity index (χ1v) is 8.38. The summed E-state index contributed by atoms with van der Waals surface area (Å²) in [6, 6.07) is 5.76. The van der Waals surface area contributed by atoms with Crippen LogP contribution in [0.15, 0.2) is 18.2 Å². The average Bonchev–Trinajstić information content (AvgIpc) is 2.73. The molecule has 1 aromatic carbocycles. The molecule has 132 valence electrons. The minimum atomic E-state index is -0.460. The molecule has 0 radical (unpaired) electrons. The van der Waals surface area contributed by atoms with Gasteiger partial charge in [-0.25, -0.2) is 0 Å². The fourth-order valence-electron chi connectivity index (χ4n) is 2.60. The molecule has 1 heterocycles. The topological polar surface area (TPSA) is 54.0 Å². The fraction of sp³-hybridized carbons (Fsp3) is 0.611. The van der Waals surface area contributed by atoms with E-state index in [1.807, 2.05) is 45.9 Å². The number of ether oxygens (including phenoxy) is 2. The van der Waals surface area contributed by atoms with Crippen molar-refractivity contribution in [1.82, 2.24) is 0 Å². The zero-order chi connectivity index (χ0) is 18.0. The lowest BCUT2D eigenvalue weighted by Gasteiger charge is -2.32. The Morgan fingerprint density at radius 2 is 1.79 bits per heavy atom. The first kappa shape index (κ1) is 18.8. The Hall–Kier alpha value is -1.53. The Kier molecular flexibility index (Phi) is 5.61. The minimum Gasteiger partial charge on any atom is -0.497 e. The lowest BCUT2D eigenvalue weighted by molar-refractivity contribution is -0.143. The lowest BCUT2D eigenvalue weighted by Crippen LogP contribution is -2.41. The summed E-state index contributed by atoms with van der Waals surface area (Å²) in [5.41, 5.74) is 1.09. The first-order chi connectivity index (χ1) is 11.2. The molecule has 0 aliphatic carbocycles. The maximum absolute atomic E-state index is 11.7. The van der Waals surface area contributed by atoms with E-state index in [1.165, 1.54) is 0 Å². The molecule has 1 aliphatic rings. The van der Waals surface area contributed by atoms with Gasteiger partial charge < -0.3 is 18.8 Å². The van der Waals surface area contributed by atoms with Crippen LogP contribution in [0.4, 0.5) is 0 Å². The highest BCUT2D eigenvalue weighted by Gasteiger charge is 2.52. The molecule has 5 nitrogen and oxygen atoms in total. The molecular weight excluding hydrogens is 307 g/mol. The number of esters is 1. The van der Waals surface area contributed by atoms with Gasteiger partial charge in [-0.1, -0.05) is 6.07 Å². The van der Waals surface area contributed by atoms with Crippen molar-refractivity contribution in [1.29, 1.82) is 0 Å².